The standard InChI is InChI=1S/C16H18FN5/c1-21-9-11(8-18-21)14-6-3-7-22(14)10-15-19-13-5-2-4-12(17)16(13)20-15/h2,4-5,8-9,14H,3,6-7,10H2,1H3,(H,19,20)/t14-/m1/s1. The molecule has 2 aromatic heterocycles. The van der Waals surface area contributed by atoms with Crippen LogP contribution >= 0.6 is 0 Å². The van der Waals surface area contributed by atoms with E-state index in [0.29, 0.717) is 18.1 Å². The maximum absolute atomic E-state index is 13.8. The van der Waals surface area contributed by atoms with E-state index in [1.807, 2.05) is 24.0 Å². The lowest BCUT2D eigenvalue weighted by Crippen LogP contribution is -2.23. The van der Waals surface area contributed by atoms with Gasteiger partial charge in [-0.15, -0.1) is 0 Å². The molecule has 22 heavy (non-hydrogen) atoms. The van der Waals surface area contributed by atoms with Crippen LogP contribution < -0.4 is 0 Å². The fraction of sp³-hybridized carbons (Fsp3) is 0.375. The Kier molecular flexibility index (Phi) is 3.18. The number of aromatic amines is 1. The number of nitrogens with zero attached hydrogens (tertiary/aromatic N) is 4. The van der Waals surface area contributed by atoms with Gasteiger partial charge in [-0.3, -0.25) is 9.58 Å². The number of aryl methyl sites for hydroxylation is 1. The second-order valence-electron chi connectivity index (χ2n) is 5.90. The fourth-order valence-electron chi connectivity index (χ4n) is 3.32. The van der Waals surface area contributed by atoms with Gasteiger partial charge in [0, 0.05) is 24.8 Å². The normalized spacial score (nSPS) is 19.3. The number of fused-ring (bicyclic) bond motifs is 1. The molecule has 1 atom stereocenters. The Morgan fingerprint density at radius 3 is 3.09 bits per heavy atom. The first-order chi connectivity index (χ1) is 10.7. The lowest BCUT2D eigenvalue weighted by Gasteiger charge is -2.22. The van der Waals surface area contributed by atoms with Gasteiger partial charge >= 0.3 is 0 Å². The largest absolute Gasteiger partial charge is 0.341 e. The summed E-state index contributed by atoms with van der Waals surface area (Å²) in [6, 6.07) is 5.37. The van der Waals surface area contributed by atoms with E-state index in [-0.39, 0.29) is 5.82 Å². The van der Waals surface area contributed by atoms with Crippen molar-refractivity contribution in [3.63, 3.8) is 0 Å². The number of rotatable bonds is 3. The molecule has 3 aromatic rings. The highest BCUT2D eigenvalue weighted by atomic mass is 19.1. The smallest absolute Gasteiger partial charge is 0.151 e. The average molecular weight is 299 g/mol. The number of para-hydroxylation sites is 1. The highest BCUT2D eigenvalue weighted by molar-refractivity contribution is 5.75. The Bertz CT molecular complexity index is 806. The van der Waals surface area contributed by atoms with Crippen LogP contribution in [0.2, 0.25) is 0 Å². The zero-order valence-corrected chi connectivity index (χ0v) is 12.5. The van der Waals surface area contributed by atoms with Crippen LogP contribution in [0.25, 0.3) is 11.0 Å². The fourth-order valence-corrected chi connectivity index (χ4v) is 3.32. The van der Waals surface area contributed by atoms with Crippen LogP contribution in [0.15, 0.2) is 30.6 Å². The number of likely N-dealkylation sites (tertiary alicyclic amines) is 1. The molecule has 1 N–H and O–H groups in total. The van der Waals surface area contributed by atoms with Gasteiger partial charge < -0.3 is 4.98 Å². The predicted molar refractivity (Wildman–Crippen MR) is 81.6 cm³/mol. The highest BCUT2D eigenvalue weighted by Gasteiger charge is 2.27. The van der Waals surface area contributed by atoms with Gasteiger partial charge in [0.05, 0.1) is 18.3 Å². The maximum atomic E-state index is 13.8. The van der Waals surface area contributed by atoms with Crippen LogP contribution in [0.3, 0.4) is 0 Å². The minimum atomic E-state index is -0.273. The number of H-pyrrole nitrogens is 1. The van der Waals surface area contributed by atoms with Gasteiger partial charge in [0.15, 0.2) is 5.82 Å². The van der Waals surface area contributed by atoms with E-state index in [0.717, 1.165) is 30.7 Å². The molecule has 0 aliphatic carbocycles. The van der Waals surface area contributed by atoms with E-state index in [9.17, 15) is 4.39 Å². The monoisotopic (exact) mass is 299 g/mol. The summed E-state index contributed by atoms with van der Waals surface area (Å²) in [5.41, 5.74) is 2.42. The Balaban J connectivity index is 1.59. The summed E-state index contributed by atoms with van der Waals surface area (Å²) in [5, 5.41) is 4.27. The molecule has 1 saturated heterocycles. The number of imidazole rings is 1. The highest BCUT2D eigenvalue weighted by Crippen LogP contribution is 2.32. The maximum Gasteiger partial charge on any atom is 0.151 e. The average Bonchev–Trinajstić information content (AvgIpc) is 3.19. The molecule has 4 rings (SSSR count). The third-order valence-electron chi connectivity index (χ3n) is 4.34. The molecule has 5 nitrogen and oxygen atoms in total. The summed E-state index contributed by atoms with van der Waals surface area (Å²) in [6.07, 6.45) is 6.29. The summed E-state index contributed by atoms with van der Waals surface area (Å²) >= 11 is 0. The Labute approximate surface area is 127 Å². The van der Waals surface area contributed by atoms with Crippen LogP contribution in [-0.4, -0.2) is 31.2 Å². The van der Waals surface area contributed by atoms with Crippen molar-refractivity contribution in [3.8, 4) is 0 Å². The lowest BCUT2D eigenvalue weighted by molar-refractivity contribution is 0.243. The van der Waals surface area contributed by atoms with Gasteiger partial charge in [0.2, 0.25) is 0 Å². The second-order valence-corrected chi connectivity index (χ2v) is 5.90. The van der Waals surface area contributed by atoms with Crippen molar-refractivity contribution in [2.75, 3.05) is 6.54 Å². The molecule has 1 aliphatic rings. The first kappa shape index (κ1) is 13.5. The molecule has 0 unspecified atom stereocenters. The van der Waals surface area contributed by atoms with Crippen LogP contribution in [0.5, 0.6) is 0 Å². The summed E-state index contributed by atoms with van der Waals surface area (Å²) < 4.78 is 15.6. The van der Waals surface area contributed by atoms with Gasteiger partial charge in [-0.25, -0.2) is 9.37 Å². The van der Waals surface area contributed by atoms with Crippen molar-refractivity contribution in [3.05, 3.63) is 47.8 Å². The van der Waals surface area contributed by atoms with Crippen LogP contribution in [0.4, 0.5) is 4.39 Å². The van der Waals surface area contributed by atoms with E-state index in [1.54, 1.807) is 6.07 Å². The first-order valence-electron chi connectivity index (χ1n) is 7.56. The number of halogens is 1. The van der Waals surface area contributed by atoms with Gasteiger partial charge in [-0.2, -0.15) is 5.10 Å². The van der Waals surface area contributed by atoms with E-state index in [1.165, 1.54) is 11.6 Å². The van der Waals surface area contributed by atoms with E-state index >= 15 is 0 Å². The van der Waals surface area contributed by atoms with E-state index in [2.05, 4.69) is 26.2 Å². The van der Waals surface area contributed by atoms with Crippen LogP contribution in [-0.2, 0) is 13.6 Å². The molecule has 0 amide bonds. The van der Waals surface area contributed by atoms with Crippen molar-refractivity contribution in [2.45, 2.75) is 25.4 Å². The third-order valence-corrected chi connectivity index (χ3v) is 4.34. The van der Waals surface area contributed by atoms with Crippen molar-refractivity contribution in [2.24, 2.45) is 7.05 Å². The minimum Gasteiger partial charge on any atom is -0.341 e. The SMILES string of the molecule is Cn1cc([C@H]2CCCN2Cc2nc3c(F)cccc3[nH]2)cn1. The molecule has 1 aromatic carbocycles. The Hall–Kier alpha value is -2.21. The minimum absolute atomic E-state index is 0.273. The topological polar surface area (TPSA) is 49.7 Å². The number of hydrogen-bond acceptors (Lipinski definition) is 3. The molecular weight excluding hydrogens is 281 g/mol. The first-order valence-corrected chi connectivity index (χ1v) is 7.56. The zero-order valence-electron chi connectivity index (χ0n) is 12.5. The summed E-state index contributed by atoms with van der Waals surface area (Å²) in [6.45, 7) is 1.73. The van der Waals surface area contributed by atoms with Crippen LogP contribution in [0.1, 0.15) is 30.3 Å². The lowest BCUT2D eigenvalue weighted by atomic mass is 10.1. The molecular formula is C16H18FN5. The van der Waals surface area contributed by atoms with Crippen molar-refractivity contribution in [1.82, 2.24) is 24.6 Å². The molecule has 0 saturated carbocycles. The molecule has 3 heterocycles. The quantitative estimate of drug-likeness (QED) is 0.809. The van der Waals surface area contributed by atoms with Gasteiger partial charge in [0.25, 0.3) is 0 Å². The van der Waals surface area contributed by atoms with Crippen molar-refractivity contribution < 1.29 is 4.39 Å². The van der Waals surface area contributed by atoms with E-state index < -0.39 is 0 Å². The molecule has 0 spiro atoms. The van der Waals surface area contributed by atoms with Gasteiger partial charge in [-0.1, -0.05) is 6.07 Å². The number of nitrogens with one attached hydrogen (secondary N) is 1. The van der Waals surface area contributed by atoms with Gasteiger partial charge in [0.1, 0.15) is 11.3 Å². The second kappa shape index (κ2) is 5.21. The van der Waals surface area contributed by atoms with Gasteiger partial charge in [-0.05, 0) is 31.5 Å². The zero-order chi connectivity index (χ0) is 15.1. The number of hydrogen-bond donors (Lipinski definition) is 1. The molecule has 1 fully saturated rings. The Morgan fingerprint density at radius 2 is 2.32 bits per heavy atom. The van der Waals surface area contributed by atoms with Crippen LogP contribution in [0, 0.1) is 5.82 Å². The summed E-state index contributed by atoms with van der Waals surface area (Å²) in [4.78, 5) is 10.0. The summed E-state index contributed by atoms with van der Waals surface area (Å²) in [5.74, 6) is 0.543. The van der Waals surface area contributed by atoms with Crippen molar-refractivity contribution >= 4 is 11.0 Å². The molecule has 0 bridgehead atoms. The Morgan fingerprint density at radius 1 is 1.41 bits per heavy atom. The molecule has 114 valence electrons. The summed E-state index contributed by atoms with van der Waals surface area (Å²) in [7, 11) is 1.94. The van der Waals surface area contributed by atoms with E-state index in [4.69, 9.17) is 0 Å². The number of aromatic nitrogens is 4. The molecule has 0 radical (unpaired) electrons. The molecule has 1 aliphatic heterocycles. The number of benzene rings is 1. The molecule has 6 heteroatoms. The van der Waals surface area contributed by atoms with Crippen molar-refractivity contribution in [1.29, 1.82) is 0 Å². The predicted octanol–water partition coefficient (Wildman–Crippen LogP) is 2.77. The third kappa shape index (κ3) is 2.29.